The lowest BCUT2D eigenvalue weighted by atomic mass is 10.4. The van der Waals surface area contributed by atoms with Crippen LogP contribution in [0.4, 0.5) is 0 Å². The number of rotatable bonds is 7. The summed E-state index contributed by atoms with van der Waals surface area (Å²) in [6.07, 6.45) is 6.48. The standard InChI is InChI=1S/C12H17NO2/c14-9-12-3-1-6-13(12)7-2-8-15-10-11-4-5-11/h1,3,6,9,11H,2,4-5,7-8,10H2. The fourth-order valence-electron chi connectivity index (χ4n) is 1.61. The number of hydrogen-bond donors (Lipinski definition) is 0. The van der Waals surface area contributed by atoms with Gasteiger partial charge in [0.05, 0.1) is 5.69 Å². The summed E-state index contributed by atoms with van der Waals surface area (Å²) in [6, 6.07) is 3.73. The zero-order valence-electron chi connectivity index (χ0n) is 8.89. The minimum atomic E-state index is 0.747. The summed E-state index contributed by atoms with van der Waals surface area (Å²) in [5.74, 6) is 0.835. The summed E-state index contributed by atoms with van der Waals surface area (Å²) in [5, 5.41) is 0. The molecule has 0 bridgehead atoms. The van der Waals surface area contributed by atoms with Crippen LogP contribution in [0.3, 0.4) is 0 Å². The van der Waals surface area contributed by atoms with Crippen molar-refractivity contribution in [3.63, 3.8) is 0 Å². The summed E-state index contributed by atoms with van der Waals surface area (Å²) >= 11 is 0. The van der Waals surface area contributed by atoms with Crippen LogP contribution < -0.4 is 0 Å². The maximum absolute atomic E-state index is 10.6. The topological polar surface area (TPSA) is 31.2 Å². The molecule has 1 saturated carbocycles. The van der Waals surface area contributed by atoms with Crippen molar-refractivity contribution in [3.8, 4) is 0 Å². The number of aldehydes is 1. The van der Waals surface area contributed by atoms with Crippen LogP contribution in [0.1, 0.15) is 29.8 Å². The van der Waals surface area contributed by atoms with Crippen LogP contribution in [0.5, 0.6) is 0 Å². The van der Waals surface area contributed by atoms with E-state index in [0.717, 1.165) is 44.1 Å². The van der Waals surface area contributed by atoms with E-state index in [-0.39, 0.29) is 0 Å². The van der Waals surface area contributed by atoms with E-state index in [1.165, 1.54) is 12.8 Å². The van der Waals surface area contributed by atoms with Crippen LogP contribution in [-0.4, -0.2) is 24.1 Å². The first kappa shape index (κ1) is 10.4. The highest BCUT2D eigenvalue weighted by molar-refractivity contribution is 5.72. The van der Waals surface area contributed by atoms with Crippen molar-refractivity contribution >= 4 is 6.29 Å². The molecule has 82 valence electrons. The average molecular weight is 207 g/mol. The van der Waals surface area contributed by atoms with Crippen LogP contribution >= 0.6 is 0 Å². The molecule has 0 spiro atoms. The van der Waals surface area contributed by atoms with Crippen molar-refractivity contribution in [2.75, 3.05) is 13.2 Å². The molecular weight excluding hydrogens is 190 g/mol. The molecule has 0 atom stereocenters. The van der Waals surface area contributed by atoms with Gasteiger partial charge in [-0.1, -0.05) is 0 Å². The monoisotopic (exact) mass is 207 g/mol. The van der Waals surface area contributed by atoms with Gasteiger partial charge in [-0.2, -0.15) is 0 Å². The minimum Gasteiger partial charge on any atom is -0.381 e. The van der Waals surface area contributed by atoms with Gasteiger partial charge in [0.1, 0.15) is 0 Å². The first-order chi connectivity index (χ1) is 7.40. The summed E-state index contributed by atoms with van der Waals surface area (Å²) in [6.45, 7) is 2.59. The number of nitrogens with zero attached hydrogens (tertiary/aromatic N) is 1. The molecule has 1 aliphatic rings. The zero-order valence-corrected chi connectivity index (χ0v) is 8.89. The van der Waals surface area contributed by atoms with E-state index in [4.69, 9.17) is 4.74 Å². The van der Waals surface area contributed by atoms with Gasteiger partial charge in [0.15, 0.2) is 6.29 Å². The lowest BCUT2D eigenvalue weighted by Gasteiger charge is -2.05. The summed E-state index contributed by atoms with van der Waals surface area (Å²) in [5.41, 5.74) is 0.747. The molecule has 0 radical (unpaired) electrons. The number of aromatic nitrogens is 1. The fourth-order valence-corrected chi connectivity index (χ4v) is 1.61. The molecule has 1 aromatic heterocycles. The van der Waals surface area contributed by atoms with Gasteiger partial charge in [0.25, 0.3) is 0 Å². The Morgan fingerprint density at radius 2 is 2.40 bits per heavy atom. The quantitative estimate of drug-likeness (QED) is 0.506. The zero-order chi connectivity index (χ0) is 10.5. The van der Waals surface area contributed by atoms with Crippen molar-refractivity contribution in [1.29, 1.82) is 0 Å². The Balaban J connectivity index is 1.61. The molecule has 15 heavy (non-hydrogen) atoms. The molecule has 2 rings (SSSR count). The number of ether oxygens (including phenoxy) is 1. The largest absolute Gasteiger partial charge is 0.381 e. The van der Waals surface area contributed by atoms with Crippen molar-refractivity contribution in [1.82, 2.24) is 4.57 Å². The Morgan fingerprint density at radius 3 is 3.13 bits per heavy atom. The van der Waals surface area contributed by atoms with Crippen molar-refractivity contribution in [2.24, 2.45) is 5.92 Å². The van der Waals surface area contributed by atoms with Gasteiger partial charge >= 0.3 is 0 Å². The van der Waals surface area contributed by atoms with Crippen molar-refractivity contribution in [3.05, 3.63) is 24.0 Å². The second-order valence-electron chi connectivity index (χ2n) is 4.12. The smallest absolute Gasteiger partial charge is 0.166 e. The van der Waals surface area contributed by atoms with E-state index >= 15 is 0 Å². The third-order valence-corrected chi connectivity index (χ3v) is 2.72. The number of carbonyl (C=O) groups excluding carboxylic acids is 1. The first-order valence-electron chi connectivity index (χ1n) is 5.58. The van der Waals surface area contributed by atoms with Gasteiger partial charge in [-0.3, -0.25) is 4.79 Å². The molecule has 0 saturated heterocycles. The van der Waals surface area contributed by atoms with Gasteiger partial charge in [0, 0.05) is 26.0 Å². The first-order valence-corrected chi connectivity index (χ1v) is 5.58. The molecule has 1 fully saturated rings. The molecule has 1 aromatic rings. The third-order valence-electron chi connectivity index (χ3n) is 2.72. The average Bonchev–Trinajstić information content (AvgIpc) is 2.96. The molecule has 0 N–H and O–H groups in total. The third kappa shape index (κ3) is 3.20. The van der Waals surface area contributed by atoms with E-state index in [1.807, 2.05) is 22.9 Å². The summed E-state index contributed by atoms with van der Waals surface area (Å²) in [7, 11) is 0. The van der Waals surface area contributed by atoms with E-state index in [0.29, 0.717) is 0 Å². The maximum atomic E-state index is 10.6. The van der Waals surface area contributed by atoms with E-state index < -0.39 is 0 Å². The lowest BCUT2D eigenvalue weighted by Crippen LogP contribution is -2.05. The van der Waals surface area contributed by atoms with Gasteiger partial charge in [-0.05, 0) is 37.3 Å². The molecule has 0 aliphatic heterocycles. The molecule has 0 unspecified atom stereocenters. The Hall–Kier alpha value is -1.09. The normalized spacial score (nSPS) is 15.5. The Bertz CT molecular complexity index is 315. The summed E-state index contributed by atoms with van der Waals surface area (Å²) in [4.78, 5) is 10.6. The Morgan fingerprint density at radius 1 is 1.53 bits per heavy atom. The predicted molar refractivity (Wildman–Crippen MR) is 58.0 cm³/mol. The van der Waals surface area contributed by atoms with Crippen molar-refractivity contribution in [2.45, 2.75) is 25.8 Å². The maximum Gasteiger partial charge on any atom is 0.166 e. The molecular formula is C12H17NO2. The Kier molecular flexibility index (Phi) is 3.56. The Labute approximate surface area is 90.0 Å². The van der Waals surface area contributed by atoms with Crippen LogP contribution in [0.15, 0.2) is 18.3 Å². The number of hydrogen-bond acceptors (Lipinski definition) is 2. The van der Waals surface area contributed by atoms with Crippen LogP contribution in [0, 0.1) is 5.92 Å². The molecule has 1 aliphatic carbocycles. The highest BCUT2D eigenvalue weighted by atomic mass is 16.5. The lowest BCUT2D eigenvalue weighted by molar-refractivity contribution is 0.110. The van der Waals surface area contributed by atoms with Gasteiger partial charge in [0.2, 0.25) is 0 Å². The van der Waals surface area contributed by atoms with Crippen LogP contribution in [0.2, 0.25) is 0 Å². The molecule has 0 aromatic carbocycles. The van der Waals surface area contributed by atoms with E-state index in [9.17, 15) is 4.79 Å². The predicted octanol–water partition coefficient (Wildman–Crippen LogP) is 2.12. The SMILES string of the molecule is O=Cc1cccn1CCCOCC1CC1. The molecule has 1 heterocycles. The minimum absolute atomic E-state index is 0.747. The van der Waals surface area contributed by atoms with Gasteiger partial charge in [-0.25, -0.2) is 0 Å². The van der Waals surface area contributed by atoms with Gasteiger partial charge in [-0.15, -0.1) is 0 Å². The van der Waals surface area contributed by atoms with E-state index in [1.54, 1.807) is 0 Å². The van der Waals surface area contributed by atoms with Crippen LogP contribution in [0.25, 0.3) is 0 Å². The fraction of sp³-hybridized carbons (Fsp3) is 0.583. The highest BCUT2D eigenvalue weighted by Crippen LogP contribution is 2.28. The number of aryl methyl sites for hydroxylation is 1. The number of carbonyl (C=O) groups is 1. The van der Waals surface area contributed by atoms with E-state index in [2.05, 4.69) is 0 Å². The molecule has 0 amide bonds. The summed E-state index contributed by atoms with van der Waals surface area (Å²) < 4.78 is 7.49. The molecule has 3 nitrogen and oxygen atoms in total. The van der Waals surface area contributed by atoms with Crippen LogP contribution in [-0.2, 0) is 11.3 Å². The van der Waals surface area contributed by atoms with Gasteiger partial charge < -0.3 is 9.30 Å². The second kappa shape index (κ2) is 5.12. The highest BCUT2D eigenvalue weighted by Gasteiger charge is 2.20. The molecule has 3 heteroatoms. The van der Waals surface area contributed by atoms with Crippen molar-refractivity contribution < 1.29 is 9.53 Å². The second-order valence-corrected chi connectivity index (χ2v) is 4.12.